The highest BCUT2D eigenvalue weighted by atomic mass is 19.4. The zero-order chi connectivity index (χ0) is 33.2. The molecule has 1 saturated carbocycles. The number of hydrogen-bond acceptors (Lipinski definition) is 6. The van der Waals surface area contributed by atoms with E-state index in [0.717, 1.165) is 75.9 Å². The zero-order valence-corrected chi connectivity index (χ0v) is 27.4. The maximum atomic E-state index is 13.7. The van der Waals surface area contributed by atoms with Crippen LogP contribution in [0.4, 0.5) is 24.5 Å². The third-order valence-corrected chi connectivity index (χ3v) is 10.3. The van der Waals surface area contributed by atoms with Crippen molar-refractivity contribution in [3.05, 3.63) is 53.7 Å². The average Bonchev–Trinajstić information content (AvgIpc) is 3.39. The number of fused-ring (bicyclic) bond motifs is 1. The summed E-state index contributed by atoms with van der Waals surface area (Å²) in [6, 6.07) is 12.5. The molecule has 1 amide bonds. The van der Waals surface area contributed by atoms with Gasteiger partial charge in [0.05, 0.1) is 30.6 Å². The van der Waals surface area contributed by atoms with Crippen molar-refractivity contribution in [3.8, 4) is 17.6 Å². The second-order valence-corrected chi connectivity index (χ2v) is 13.5. The van der Waals surface area contributed by atoms with Crippen LogP contribution >= 0.6 is 0 Å². The number of anilines is 2. The van der Waals surface area contributed by atoms with Gasteiger partial charge in [-0.15, -0.1) is 0 Å². The summed E-state index contributed by atoms with van der Waals surface area (Å²) in [7, 11) is 3.05. The molecule has 2 saturated heterocycles. The van der Waals surface area contributed by atoms with Crippen LogP contribution < -0.4 is 20.7 Å². The van der Waals surface area contributed by atoms with Crippen molar-refractivity contribution < 1.29 is 27.4 Å². The Bertz CT molecular complexity index is 1650. The van der Waals surface area contributed by atoms with E-state index in [0.29, 0.717) is 33.6 Å². The van der Waals surface area contributed by atoms with E-state index in [1.807, 2.05) is 12.1 Å². The number of methoxy groups -OCH3 is 1. The van der Waals surface area contributed by atoms with E-state index in [4.69, 9.17) is 9.47 Å². The number of halogens is 3. The molecule has 1 aromatic heterocycles. The molecule has 3 aliphatic rings. The Morgan fingerprint density at radius 2 is 1.81 bits per heavy atom. The standard InChI is InChI=1S/C36H44F3N5O3/c1-34(43-22-35(23-43)15-18-47-19-16-35)13-11-26(12-14-34)42-29-7-4-8-31-28(29)21-27(44(31)24-36(37,38)39)6-5-17-41-30-10-9-25(33(45)40-2)20-32(30)46-3/h4,7-10,20-21,26,41-42H,11-19,22-24H2,1-3H3,(H,40,45). The number of amides is 1. The Morgan fingerprint density at radius 1 is 1.06 bits per heavy atom. The van der Waals surface area contributed by atoms with Gasteiger partial charge < -0.3 is 30.0 Å². The summed E-state index contributed by atoms with van der Waals surface area (Å²) in [6.45, 7) is 5.51. The third kappa shape index (κ3) is 7.19. The Hall–Kier alpha value is -3.88. The molecule has 47 heavy (non-hydrogen) atoms. The number of carbonyl (C=O) groups excluding carboxylic acids is 1. The van der Waals surface area contributed by atoms with Crippen LogP contribution in [0.15, 0.2) is 42.5 Å². The van der Waals surface area contributed by atoms with Gasteiger partial charge in [-0.3, -0.25) is 9.69 Å². The average molecular weight is 652 g/mol. The van der Waals surface area contributed by atoms with E-state index in [2.05, 4.69) is 39.6 Å². The number of aromatic nitrogens is 1. The summed E-state index contributed by atoms with van der Waals surface area (Å²) in [5.74, 6) is 6.17. The Balaban J connectivity index is 1.15. The molecule has 3 N–H and O–H groups in total. The molecule has 3 aromatic rings. The smallest absolute Gasteiger partial charge is 0.406 e. The van der Waals surface area contributed by atoms with Gasteiger partial charge >= 0.3 is 6.18 Å². The zero-order valence-electron chi connectivity index (χ0n) is 27.4. The Kier molecular flexibility index (Phi) is 9.36. The van der Waals surface area contributed by atoms with Crippen molar-refractivity contribution in [1.82, 2.24) is 14.8 Å². The van der Waals surface area contributed by atoms with Crippen LogP contribution in [-0.4, -0.2) is 80.1 Å². The van der Waals surface area contributed by atoms with Gasteiger partial charge in [-0.1, -0.05) is 12.0 Å². The van der Waals surface area contributed by atoms with Crippen LogP contribution in [-0.2, 0) is 11.3 Å². The summed E-state index contributed by atoms with van der Waals surface area (Å²) < 4.78 is 53.5. The summed E-state index contributed by atoms with van der Waals surface area (Å²) in [4.78, 5) is 14.6. The molecule has 6 rings (SSSR count). The fraction of sp³-hybridized carbons (Fsp3) is 0.528. The van der Waals surface area contributed by atoms with Crippen molar-refractivity contribution in [1.29, 1.82) is 0 Å². The molecule has 2 aliphatic heterocycles. The highest BCUT2D eigenvalue weighted by molar-refractivity contribution is 5.95. The predicted molar refractivity (Wildman–Crippen MR) is 178 cm³/mol. The fourth-order valence-electron chi connectivity index (χ4n) is 7.45. The summed E-state index contributed by atoms with van der Waals surface area (Å²) in [5, 5.41) is 10.1. The Morgan fingerprint density at radius 3 is 2.49 bits per heavy atom. The van der Waals surface area contributed by atoms with E-state index in [1.54, 1.807) is 37.4 Å². The summed E-state index contributed by atoms with van der Waals surface area (Å²) >= 11 is 0. The van der Waals surface area contributed by atoms with E-state index in [1.165, 1.54) is 11.7 Å². The molecule has 3 heterocycles. The van der Waals surface area contributed by atoms with Gasteiger partial charge in [0.15, 0.2) is 0 Å². The second-order valence-electron chi connectivity index (χ2n) is 13.5. The number of alkyl halides is 3. The minimum Gasteiger partial charge on any atom is -0.495 e. The predicted octanol–water partition coefficient (Wildman–Crippen LogP) is 6.26. The van der Waals surface area contributed by atoms with E-state index in [9.17, 15) is 18.0 Å². The van der Waals surface area contributed by atoms with Gasteiger partial charge in [-0.2, -0.15) is 13.2 Å². The molecule has 0 unspecified atom stereocenters. The first kappa shape index (κ1) is 33.0. The van der Waals surface area contributed by atoms with Gasteiger partial charge in [0.2, 0.25) is 0 Å². The first-order chi connectivity index (χ1) is 22.5. The molecule has 3 fully saturated rings. The molecular formula is C36H44F3N5O3. The fourth-order valence-corrected chi connectivity index (χ4v) is 7.45. The van der Waals surface area contributed by atoms with Crippen LogP contribution in [0.3, 0.4) is 0 Å². The lowest BCUT2D eigenvalue weighted by molar-refractivity contribution is -0.140. The molecular weight excluding hydrogens is 607 g/mol. The van der Waals surface area contributed by atoms with Crippen molar-refractivity contribution in [2.75, 3.05) is 57.6 Å². The first-order valence-corrected chi connectivity index (χ1v) is 16.4. The van der Waals surface area contributed by atoms with E-state index in [-0.39, 0.29) is 24.0 Å². The maximum Gasteiger partial charge on any atom is 0.406 e. The SMILES string of the molecule is CNC(=O)c1ccc(NCC#Cc2cc3c(NC4CCC(C)(N5CC6(CCOCC6)C5)CC4)cccc3n2CC(F)(F)F)c(OC)c1. The van der Waals surface area contributed by atoms with Gasteiger partial charge in [0.25, 0.3) is 5.91 Å². The van der Waals surface area contributed by atoms with Gasteiger partial charge in [0, 0.05) is 67.0 Å². The number of likely N-dealkylation sites (tertiary alicyclic amines) is 1. The maximum absolute atomic E-state index is 13.7. The minimum absolute atomic E-state index is 0.168. The normalized spacial score (nSPS) is 22.6. The molecule has 1 spiro atoms. The molecule has 252 valence electrons. The van der Waals surface area contributed by atoms with Crippen molar-refractivity contribution in [2.24, 2.45) is 5.41 Å². The van der Waals surface area contributed by atoms with Gasteiger partial charge in [-0.05, 0) is 87.8 Å². The lowest BCUT2D eigenvalue weighted by Gasteiger charge is -2.60. The summed E-state index contributed by atoms with van der Waals surface area (Å²) in [5.41, 5.74) is 3.34. The highest BCUT2D eigenvalue weighted by Gasteiger charge is 2.50. The quantitative estimate of drug-likeness (QED) is 0.250. The van der Waals surface area contributed by atoms with Crippen LogP contribution in [0.2, 0.25) is 0 Å². The number of benzene rings is 2. The molecule has 0 atom stereocenters. The number of nitrogens with zero attached hydrogens (tertiary/aromatic N) is 2. The Labute approximate surface area is 274 Å². The minimum atomic E-state index is -4.40. The molecule has 11 heteroatoms. The van der Waals surface area contributed by atoms with Crippen LogP contribution in [0, 0.1) is 17.3 Å². The highest BCUT2D eigenvalue weighted by Crippen LogP contribution is 2.47. The number of nitrogens with one attached hydrogen (secondary N) is 3. The van der Waals surface area contributed by atoms with Crippen molar-refractivity contribution >= 4 is 28.2 Å². The third-order valence-electron chi connectivity index (χ3n) is 10.3. The van der Waals surface area contributed by atoms with Crippen LogP contribution in [0.25, 0.3) is 10.9 Å². The largest absolute Gasteiger partial charge is 0.495 e. The topological polar surface area (TPSA) is 79.8 Å². The van der Waals surface area contributed by atoms with Crippen molar-refractivity contribution in [3.63, 3.8) is 0 Å². The number of rotatable bonds is 8. The number of ether oxygens (including phenoxy) is 2. The monoisotopic (exact) mass is 651 g/mol. The number of hydrogen-bond donors (Lipinski definition) is 3. The van der Waals surface area contributed by atoms with E-state index >= 15 is 0 Å². The lowest BCUT2D eigenvalue weighted by Crippen LogP contribution is -2.66. The molecule has 0 bridgehead atoms. The molecule has 0 radical (unpaired) electrons. The van der Waals surface area contributed by atoms with Crippen molar-refractivity contribution in [2.45, 2.75) is 69.8 Å². The molecule has 2 aromatic carbocycles. The second kappa shape index (κ2) is 13.3. The molecule has 8 nitrogen and oxygen atoms in total. The van der Waals surface area contributed by atoms with E-state index < -0.39 is 12.7 Å². The summed E-state index contributed by atoms with van der Waals surface area (Å²) in [6.07, 6.45) is 2.11. The number of carbonyl (C=O) groups is 1. The first-order valence-electron chi connectivity index (χ1n) is 16.4. The van der Waals surface area contributed by atoms with Gasteiger partial charge in [-0.25, -0.2) is 0 Å². The van der Waals surface area contributed by atoms with Crippen LogP contribution in [0.5, 0.6) is 5.75 Å². The van der Waals surface area contributed by atoms with Gasteiger partial charge in [0.1, 0.15) is 12.3 Å². The molecule has 1 aliphatic carbocycles. The van der Waals surface area contributed by atoms with Crippen LogP contribution in [0.1, 0.15) is 61.5 Å². The lowest BCUT2D eigenvalue weighted by atomic mass is 9.68.